The van der Waals surface area contributed by atoms with Crippen molar-refractivity contribution >= 4 is 0 Å². The van der Waals surface area contributed by atoms with E-state index in [0.29, 0.717) is 6.10 Å². The zero-order chi connectivity index (χ0) is 8.55. The van der Waals surface area contributed by atoms with Crippen LogP contribution in [-0.2, 0) is 4.74 Å². The molecule has 0 amide bonds. The largest absolute Gasteiger partial charge is 0.378 e. The average Bonchev–Trinajstić information content (AvgIpc) is 2.78. The summed E-state index contributed by atoms with van der Waals surface area (Å²) < 4.78 is 5.59. The minimum atomic E-state index is 0.490. The van der Waals surface area contributed by atoms with E-state index in [0.717, 1.165) is 24.5 Å². The van der Waals surface area contributed by atoms with Gasteiger partial charge in [-0.15, -0.1) is 0 Å². The van der Waals surface area contributed by atoms with Gasteiger partial charge in [0, 0.05) is 12.0 Å². The van der Waals surface area contributed by atoms with E-state index in [4.69, 9.17) is 4.74 Å². The van der Waals surface area contributed by atoms with Crippen molar-refractivity contribution in [2.45, 2.75) is 38.3 Å². The zero-order valence-electron chi connectivity index (χ0n) is 8.05. The van der Waals surface area contributed by atoms with Gasteiger partial charge in [-0.2, -0.15) is 0 Å². The van der Waals surface area contributed by atoms with E-state index >= 15 is 0 Å². The van der Waals surface area contributed by atoms with Crippen molar-refractivity contribution in [2.24, 2.45) is 11.8 Å². The number of nitrogens with one attached hydrogen (secondary N) is 1. The van der Waals surface area contributed by atoms with Crippen LogP contribution in [0.25, 0.3) is 0 Å². The number of hydrogen-bond acceptors (Lipinski definition) is 2. The Hall–Kier alpha value is -0.0800. The molecule has 0 radical (unpaired) electrons. The Morgan fingerprint density at radius 1 is 1.33 bits per heavy atom. The van der Waals surface area contributed by atoms with Crippen LogP contribution in [-0.4, -0.2) is 25.8 Å². The lowest BCUT2D eigenvalue weighted by Crippen LogP contribution is -2.35. The van der Waals surface area contributed by atoms with Gasteiger partial charge in [-0.05, 0) is 39.2 Å². The molecule has 0 aromatic rings. The summed E-state index contributed by atoms with van der Waals surface area (Å²) in [6.07, 6.45) is 4.60. The predicted octanol–water partition coefficient (Wildman–Crippen LogP) is 1.41. The standard InChI is InChI=1S/C10H19NO/c1-7-5-9(6-12-7)10(11-2)8-3-4-8/h7-11H,3-6H2,1-2H3. The Labute approximate surface area is 74.7 Å². The van der Waals surface area contributed by atoms with Crippen LogP contribution in [0, 0.1) is 11.8 Å². The molecule has 1 aliphatic carbocycles. The minimum Gasteiger partial charge on any atom is -0.378 e. The molecule has 1 aliphatic heterocycles. The molecule has 0 aromatic heterocycles. The van der Waals surface area contributed by atoms with Crippen LogP contribution >= 0.6 is 0 Å². The van der Waals surface area contributed by atoms with Crippen LogP contribution in [0.1, 0.15) is 26.2 Å². The first kappa shape index (κ1) is 8.52. The molecule has 2 heteroatoms. The van der Waals surface area contributed by atoms with E-state index in [1.54, 1.807) is 0 Å². The molecular formula is C10H19NO. The molecule has 0 aromatic carbocycles. The van der Waals surface area contributed by atoms with Crippen LogP contribution in [0.4, 0.5) is 0 Å². The summed E-state index contributed by atoms with van der Waals surface area (Å²) in [5.74, 6) is 1.73. The second-order valence-corrected chi connectivity index (χ2v) is 4.29. The Kier molecular flexibility index (Phi) is 2.37. The van der Waals surface area contributed by atoms with Crippen molar-refractivity contribution in [1.29, 1.82) is 0 Å². The quantitative estimate of drug-likeness (QED) is 0.689. The van der Waals surface area contributed by atoms with Gasteiger partial charge >= 0.3 is 0 Å². The molecule has 0 spiro atoms. The van der Waals surface area contributed by atoms with Gasteiger partial charge in [0.25, 0.3) is 0 Å². The number of rotatable bonds is 3. The molecule has 0 bridgehead atoms. The van der Waals surface area contributed by atoms with Crippen molar-refractivity contribution in [1.82, 2.24) is 5.32 Å². The third-order valence-corrected chi connectivity index (χ3v) is 3.20. The van der Waals surface area contributed by atoms with Crippen molar-refractivity contribution in [3.05, 3.63) is 0 Å². The van der Waals surface area contributed by atoms with Gasteiger partial charge in [-0.25, -0.2) is 0 Å². The van der Waals surface area contributed by atoms with Crippen LogP contribution < -0.4 is 5.32 Å². The maximum absolute atomic E-state index is 5.59. The summed E-state index contributed by atoms with van der Waals surface area (Å²) in [6, 6.07) is 0.731. The first-order valence-corrected chi connectivity index (χ1v) is 5.10. The van der Waals surface area contributed by atoms with E-state index in [1.807, 2.05) is 0 Å². The van der Waals surface area contributed by atoms with E-state index in [1.165, 1.54) is 19.3 Å². The van der Waals surface area contributed by atoms with Gasteiger partial charge < -0.3 is 10.1 Å². The summed E-state index contributed by atoms with van der Waals surface area (Å²) in [6.45, 7) is 3.16. The highest BCUT2D eigenvalue weighted by atomic mass is 16.5. The summed E-state index contributed by atoms with van der Waals surface area (Å²) in [5.41, 5.74) is 0. The van der Waals surface area contributed by atoms with Crippen LogP contribution in [0.15, 0.2) is 0 Å². The predicted molar refractivity (Wildman–Crippen MR) is 49.1 cm³/mol. The van der Waals surface area contributed by atoms with E-state index in [2.05, 4.69) is 19.3 Å². The summed E-state index contributed by atoms with van der Waals surface area (Å²) in [7, 11) is 2.09. The molecule has 70 valence electrons. The Morgan fingerprint density at radius 2 is 2.08 bits per heavy atom. The fourth-order valence-corrected chi connectivity index (χ4v) is 2.41. The fraction of sp³-hybridized carbons (Fsp3) is 1.00. The van der Waals surface area contributed by atoms with Gasteiger partial charge in [0.2, 0.25) is 0 Å². The van der Waals surface area contributed by atoms with Crippen LogP contribution in [0.5, 0.6) is 0 Å². The number of hydrogen-bond donors (Lipinski definition) is 1. The first-order valence-electron chi connectivity index (χ1n) is 5.10. The van der Waals surface area contributed by atoms with Gasteiger partial charge in [-0.1, -0.05) is 0 Å². The van der Waals surface area contributed by atoms with Crippen molar-refractivity contribution in [3.8, 4) is 0 Å². The second-order valence-electron chi connectivity index (χ2n) is 4.29. The maximum atomic E-state index is 5.59. The molecule has 3 atom stereocenters. The van der Waals surface area contributed by atoms with Crippen LogP contribution in [0.2, 0.25) is 0 Å². The SMILES string of the molecule is CNC(C1CC1)C1COC(C)C1. The molecule has 1 saturated heterocycles. The normalized spacial score (nSPS) is 38.5. The van der Waals surface area contributed by atoms with Gasteiger partial charge in [0.05, 0.1) is 12.7 Å². The smallest absolute Gasteiger partial charge is 0.0551 e. The molecule has 3 unspecified atom stereocenters. The van der Waals surface area contributed by atoms with Crippen LogP contribution in [0.3, 0.4) is 0 Å². The highest BCUT2D eigenvalue weighted by Crippen LogP contribution is 2.38. The van der Waals surface area contributed by atoms with E-state index in [9.17, 15) is 0 Å². The van der Waals surface area contributed by atoms with Crippen molar-refractivity contribution in [2.75, 3.05) is 13.7 Å². The molecule has 1 saturated carbocycles. The third-order valence-electron chi connectivity index (χ3n) is 3.20. The second kappa shape index (κ2) is 3.35. The molecule has 1 N–H and O–H groups in total. The topological polar surface area (TPSA) is 21.3 Å². The lowest BCUT2D eigenvalue weighted by atomic mass is 9.93. The average molecular weight is 169 g/mol. The summed E-state index contributed by atoms with van der Waals surface area (Å²) in [5, 5.41) is 3.45. The van der Waals surface area contributed by atoms with Crippen molar-refractivity contribution in [3.63, 3.8) is 0 Å². The van der Waals surface area contributed by atoms with Crippen molar-refractivity contribution < 1.29 is 4.74 Å². The van der Waals surface area contributed by atoms with Gasteiger partial charge in [0.1, 0.15) is 0 Å². The lowest BCUT2D eigenvalue weighted by Gasteiger charge is -2.21. The van der Waals surface area contributed by atoms with E-state index in [-0.39, 0.29) is 0 Å². The Bertz CT molecular complexity index is 156. The Morgan fingerprint density at radius 3 is 2.50 bits per heavy atom. The molecule has 2 rings (SSSR count). The monoisotopic (exact) mass is 169 g/mol. The van der Waals surface area contributed by atoms with Gasteiger partial charge in [-0.3, -0.25) is 0 Å². The Balaban J connectivity index is 1.88. The van der Waals surface area contributed by atoms with Gasteiger partial charge in [0.15, 0.2) is 0 Å². The highest BCUT2D eigenvalue weighted by molar-refractivity contribution is 4.92. The minimum absolute atomic E-state index is 0.490. The lowest BCUT2D eigenvalue weighted by molar-refractivity contribution is 0.116. The fourth-order valence-electron chi connectivity index (χ4n) is 2.41. The molecule has 2 aliphatic rings. The molecule has 1 heterocycles. The van der Waals surface area contributed by atoms with E-state index < -0.39 is 0 Å². The molecular weight excluding hydrogens is 150 g/mol. The number of ether oxygens (including phenoxy) is 1. The molecule has 12 heavy (non-hydrogen) atoms. The molecule has 2 fully saturated rings. The summed E-state index contributed by atoms with van der Waals surface area (Å²) >= 11 is 0. The third kappa shape index (κ3) is 1.64. The zero-order valence-corrected chi connectivity index (χ0v) is 8.05. The maximum Gasteiger partial charge on any atom is 0.0551 e. The highest BCUT2D eigenvalue weighted by Gasteiger charge is 2.38. The molecule has 2 nitrogen and oxygen atoms in total. The first-order chi connectivity index (χ1) is 5.81. The summed E-state index contributed by atoms with van der Waals surface area (Å²) in [4.78, 5) is 0.